The van der Waals surface area contributed by atoms with Gasteiger partial charge in [-0.1, -0.05) is 0 Å². The molecule has 0 amide bonds. The van der Waals surface area contributed by atoms with Crippen molar-refractivity contribution in [1.29, 1.82) is 0 Å². The van der Waals surface area contributed by atoms with Crippen LogP contribution in [0.5, 0.6) is 0 Å². The van der Waals surface area contributed by atoms with E-state index >= 15 is 0 Å². The Labute approximate surface area is 107 Å². The zero-order valence-corrected chi connectivity index (χ0v) is 10.9. The lowest BCUT2D eigenvalue weighted by atomic mass is 10.1. The molecular weight excluding hydrogens is 226 g/mol. The normalized spacial score (nSPS) is 17.1. The Hall–Kier alpha value is -1.55. The van der Waals surface area contributed by atoms with Crippen molar-refractivity contribution >= 4 is 0 Å². The number of aliphatic hydroxyl groups excluding tert-OH is 1. The van der Waals surface area contributed by atoms with Gasteiger partial charge in [0.1, 0.15) is 0 Å². The average molecular weight is 245 g/mol. The second-order valence-electron chi connectivity index (χ2n) is 5.30. The van der Waals surface area contributed by atoms with Crippen LogP contribution in [0, 0.1) is 12.8 Å². The van der Waals surface area contributed by atoms with E-state index in [1.54, 1.807) is 0 Å². The summed E-state index contributed by atoms with van der Waals surface area (Å²) in [6.45, 7) is 2.80. The van der Waals surface area contributed by atoms with Crippen molar-refractivity contribution < 1.29 is 5.11 Å². The SMILES string of the molecule is Cc1cc(Cn2ccc(C(O)C3CC3)c2)n(C)n1. The molecule has 1 unspecified atom stereocenters. The number of rotatable bonds is 4. The van der Waals surface area contributed by atoms with Gasteiger partial charge in [0, 0.05) is 19.4 Å². The smallest absolute Gasteiger partial charge is 0.0832 e. The van der Waals surface area contributed by atoms with E-state index in [0.717, 1.165) is 30.6 Å². The second-order valence-corrected chi connectivity index (χ2v) is 5.30. The van der Waals surface area contributed by atoms with E-state index in [1.807, 2.05) is 37.1 Å². The predicted molar refractivity (Wildman–Crippen MR) is 69.2 cm³/mol. The van der Waals surface area contributed by atoms with Crippen LogP contribution in [0.2, 0.25) is 0 Å². The van der Waals surface area contributed by atoms with Crippen LogP contribution < -0.4 is 0 Å². The molecule has 0 aromatic carbocycles. The third-order valence-corrected chi connectivity index (χ3v) is 3.63. The van der Waals surface area contributed by atoms with E-state index in [2.05, 4.69) is 15.7 Å². The quantitative estimate of drug-likeness (QED) is 0.895. The minimum Gasteiger partial charge on any atom is -0.388 e. The molecule has 1 atom stereocenters. The molecule has 96 valence electrons. The molecule has 3 rings (SSSR count). The molecule has 1 aliphatic rings. The molecule has 1 aliphatic carbocycles. The maximum atomic E-state index is 10.1. The Kier molecular flexibility index (Phi) is 2.74. The van der Waals surface area contributed by atoms with Gasteiger partial charge < -0.3 is 9.67 Å². The molecule has 0 saturated heterocycles. The zero-order chi connectivity index (χ0) is 12.7. The van der Waals surface area contributed by atoms with Gasteiger partial charge in [0.05, 0.1) is 24.0 Å². The first kappa shape index (κ1) is 11.5. The maximum Gasteiger partial charge on any atom is 0.0832 e. The van der Waals surface area contributed by atoms with Crippen molar-refractivity contribution in [1.82, 2.24) is 14.3 Å². The van der Waals surface area contributed by atoms with Crippen LogP contribution in [0.1, 0.15) is 35.9 Å². The van der Waals surface area contributed by atoms with E-state index in [9.17, 15) is 5.11 Å². The monoisotopic (exact) mass is 245 g/mol. The summed E-state index contributed by atoms with van der Waals surface area (Å²) in [5, 5.41) is 14.4. The number of aliphatic hydroxyl groups is 1. The number of hydrogen-bond acceptors (Lipinski definition) is 2. The Morgan fingerprint density at radius 2 is 2.28 bits per heavy atom. The molecule has 4 heteroatoms. The molecule has 2 aromatic heterocycles. The van der Waals surface area contributed by atoms with Gasteiger partial charge in [-0.3, -0.25) is 4.68 Å². The molecule has 2 heterocycles. The molecule has 1 saturated carbocycles. The van der Waals surface area contributed by atoms with Crippen molar-refractivity contribution in [2.24, 2.45) is 13.0 Å². The lowest BCUT2D eigenvalue weighted by Gasteiger charge is -2.06. The Balaban J connectivity index is 1.75. The van der Waals surface area contributed by atoms with Gasteiger partial charge >= 0.3 is 0 Å². The first-order valence-corrected chi connectivity index (χ1v) is 6.47. The number of nitrogens with zero attached hydrogens (tertiary/aromatic N) is 3. The zero-order valence-electron chi connectivity index (χ0n) is 10.9. The lowest BCUT2D eigenvalue weighted by Crippen LogP contribution is -2.04. The largest absolute Gasteiger partial charge is 0.388 e. The molecule has 2 aromatic rings. The highest BCUT2D eigenvalue weighted by Gasteiger charge is 2.31. The van der Waals surface area contributed by atoms with Gasteiger partial charge in [0.15, 0.2) is 0 Å². The molecule has 18 heavy (non-hydrogen) atoms. The first-order valence-electron chi connectivity index (χ1n) is 6.47. The molecular formula is C14H19N3O. The van der Waals surface area contributed by atoms with E-state index in [1.165, 1.54) is 5.69 Å². The third kappa shape index (κ3) is 2.20. The van der Waals surface area contributed by atoms with Crippen LogP contribution in [0.25, 0.3) is 0 Å². The predicted octanol–water partition coefficient (Wildman–Crippen LogP) is 2.02. The summed E-state index contributed by atoms with van der Waals surface area (Å²) in [6, 6.07) is 4.11. The highest BCUT2D eigenvalue weighted by molar-refractivity contribution is 5.18. The fraction of sp³-hybridized carbons (Fsp3) is 0.500. The molecule has 0 aliphatic heterocycles. The summed E-state index contributed by atoms with van der Waals surface area (Å²) in [7, 11) is 1.96. The fourth-order valence-electron chi connectivity index (χ4n) is 2.42. The highest BCUT2D eigenvalue weighted by Crippen LogP contribution is 2.40. The van der Waals surface area contributed by atoms with Gasteiger partial charge in [-0.25, -0.2) is 0 Å². The summed E-state index contributed by atoms with van der Waals surface area (Å²) in [4.78, 5) is 0. The van der Waals surface area contributed by atoms with Crippen LogP contribution in [0.4, 0.5) is 0 Å². The van der Waals surface area contributed by atoms with Crippen molar-refractivity contribution in [2.45, 2.75) is 32.4 Å². The van der Waals surface area contributed by atoms with E-state index in [0.29, 0.717) is 5.92 Å². The Morgan fingerprint density at radius 3 is 2.89 bits per heavy atom. The Morgan fingerprint density at radius 1 is 1.50 bits per heavy atom. The van der Waals surface area contributed by atoms with Crippen molar-refractivity contribution in [2.75, 3.05) is 0 Å². The molecule has 0 radical (unpaired) electrons. The van der Waals surface area contributed by atoms with Crippen LogP contribution in [-0.2, 0) is 13.6 Å². The first-order chi connectivity index (χ1) is 8.63. The summed E-state index contributed by atoms with van der Waals surface area (Å²) in [5.41, 5.74) is 3.25. The Bertz CT molecular complexity index is 551. The van der Waals surface area contributed by atoms with E-state index < -0.39 is 0 Å². The van der Waals surface area contributed by atoms with Gasteiger partial charge in [-0.15, -0.1) is 0 Å². The standard InChI is InChI=1S/C14H19N3O/c1-10-7-13(16(2)15-10)9-17-6-5-12(8-17)14(18)11-3-4-11/h5-8,11,14,18H,3-4,9H2,1-2H3. The van der Waals surface area contributed by atoms with Crippen molar-refractivity contribution in [3.63, 3.8) is 0 Å². The number of hydrogen-bond donors (Lipinski definition) is 1. The second kappa shape index (κ2) is 4.28. The number of aromatic nitrogens is 3. The van der Waals surface area contributed by atoms with Gasteiger partial charge in [-0.2, -0.15) is 5.10 Å². The van der Waals surface area contributed by atoms with Gasteiger partial charge in [0.2, 0.25) is 0 Å². The molecule has 0 bridgehead atoms. The van der Waals surface area contributed by atoms with Gasteiger partial charge in [0.25, 0.3) is 0 Å². The van der Waals surface area contributed by atoms with Crippen molar-refractivity contribution in [3.05, 3.63) is 41.5 Å². The van der Waals surface area contributed by atoms with E-state index in [4.69, 9.17) is 0 Å². The molecule has 1 fully saturated rings. The molecule has 0 spiro atoms. The minimum atomic E-state index is -0.278. The number of aryl methyl sites for hydroxylation is 2. The summed E-state index contributed by atoms with van der Waals surface area (Å²) in [5.74, 6) is 0.486. The van der Waals surface area contributed by atoms with Crippen molar-refractivity contribution in [3.8, 4) is 0 Å². The summed E-state index contributed by atoms with van der Waals surface area (Å²) >= 11 is 0. The lowest BCUT2D eigenvalue weighted by molar-refractivity contribution is 0.154. The van der Waals surface area contributed by atoms with Gasteiger partial charge in [-0.05, 0) is 43.4 Å². The van der Waals surface area contributed by atoms with Crippen LogP contribution in [-0.4, -0.2) is 19.5 Å². The van der Waals surface area contributed by atoms with Crippen LogP contribution in [0.15, 0.2) is 24.5 Å². The van der Waals surface area contributed by atoms with Crippen LogP contribution >= 0.6 is 0 Å². The molecule has 1 N–H and O–H groups in total. The van der Waals surface area contributed by atoms with Crippen LogP contribution in [0.3, 0.4) is 0 Å². The van der Waals surface area contributed by atoms with E-state index in [-0.39, 0.29) is 6.10 Å². The fourth-order valence-corrected chi connectivity index (χ4v) is 2.42. The maximum absolute atomic E-state index is 10.1. The summed E-state index contributed by atoms with van der Waals surface area (Å²) in [6.07, 6.45) is 6.12. The minimum absolute atomic E-state index is 0.278. The topological polar surface area (TPSA) is 43.0 Å². The third-order valence-electron chi connectivity index (χ3n) is 3.63. The summed E-state index contributed by atoms with van der Waals surface area (Å²) < 4.78 is 4.02. The molecule has 4 nitrogen and oxygen atoms in total. The highest BCUT2D eigenvalue weighted by atomic mass is 16.3. The average Bonchev–Trinajstić information content (AvgIpc) is 2.99.